The molecule has 0 aliphatic carbocycles. The first-order valence-corrected chi connectivity index (χ1v) is 9.31. The van der Waals surface area contributed by atoms with Crippen LogP contribution < -0.4 is 10.9 Å². The van der Waals surface area contributed by atoms with E-state index in [9.17, 15) is 9.59 Å². The third kappa shape index (κ3) is 3.86. The largest absolute Gasteiger partial charge is 0.349 e. The SMILES string of the molecule is O=C(NCCn1nc(-n2cncn2)ccc1=O)c1csc(-c2ccccc2)n1. The smallest absolute Gasteiger partial charge is 0.270 e. The predicted molar refractivity (Wildman–Crippen MR) is 103 cm³/mol. The van der Waals surface area contributed by atoms with E-state index < -0.39 is 0 Å². The normalized spacial score (nSPS) is 10.7. The highest BCUT2D eigenvalue weighted by molar-refractivity contribution is 7.13. The van der Waals surface area contributed by atoms with Crippen LogP contribution in [0.25, 0.3) is 16.4 Å². The molecule has 1 aromatic carbocycles. The van der Waals surface area contributed by atoms with Crippen molar-refractivity contribution in [2.45, 2.75) is 6.54 Å². The van der Waals surface area contributed by atoms with Gasteiger partial charge in [0.05, 0.1) is 6.54 Å². The summed E-state index contributed by atoms with van der Waals surface area (Å²) >= 11 is 1.41. The van der Waals surface area contributed by atoms with Crippen molar-refractivity contribution in [2.24, 2.45) is 0 Å². The molecule has 140 valence electrons. The van der Waals surface area contributed by atoms with Crippen molar-refractivity contribution >= 4 is 17.2 Å². The third-order valence-electron chi connectivity index (χ3n) is 3.87. The fourth-order valence-corrected chi connectivity index (χ4v) is 3.31. The predicted octanol–water partition coefficient (Wildman–Crippen LogP) is 1.38. The Labute approximate surface area is 163 Å². The van der Waals surface area contributed by atoms with Crippen molar-refractivity contribution in [1.29, 1.82) is 0 Å². The van der Waals surface area contributed by atoms with E-state index in [4.69, 9.17) is 0 Å². The molecule has 9 nitrogen and oxygen atoms in total. The fraction of sp³-hybridized carbons (Fsp3) is 0.111. The van der Waals surface area contributed by atoms with Crippen molar-refractivity contribution in [3.8, 4) is 16.4 Å². The number of nitrogens with zero attached hydrogens (tertiary/aromatic N) is 6. The van der Waals surface area contributed by atoms with E-state index in [-0.39, 0.29) is 24.6 Å². The molecule has 0 bridgehead atoms. The first kappa shape index (κ1) is 17.7. The number of hydrogen-bond acceptors (Lipinski definition) is 7. The summed E-state index contributed by atoms with van der Waals surface area (Å²) in [6, 6.07) is 12.6. The van der Waals surface area contributed by atoms with Crippen LogP contribution in [0.2, 0.25) is 0 Å². The van der Waals surface area contributed by atoms with Crippen LogP contribution >= 0.6 is 11.3 Å². The summed E-state index contributed by atoms with van der Waals surface area (Å²) in [6.45, 7) is 0.466. The van der Waals surface area contributed by atoms with Crippen molar-refractivity contribution in [1.82, 2.24) is 34.8 Å². The van der Waals surface area contributed by atoms with Crippen LogP contribution in [-0.2, 0) is 6.54 Å². The lowest BCUT2D eigenvalue weighted by Gasteiger charge is -2.07. The molecule has 0 saturated heterocycles. The molecule has 10 heteroatoms. The zero-order valence-electron chi connectivity index (χ0n) is 14.6. The summed E-state index contributed by atoms with van der Waals surface area (Å²) in [4.78, 5) is 32.5. The van der Waals surface area contributed by atoms with E-state index in [2.05, 4.69) is 25.5 Å². The summed E-state index contributed by atoms with van der Waals surface area (Å²) in [5, 5.41) is 13.5. The summed E-state index contributed by atoms with van der Waals surface area (Å²) in [5.41, 5.74) is 1.05. The molecule has 3 heterocycles. The molecule has 0 saturated carbocycles. The number of aromatic nitrogens is 6. The first-order valence-electron chi connectivity index (χ1n) is 8.43. The van der Waals surface area contributed by atoms with Gasteiger partial charge in [0.1, 0.15) is 23.4 Å². The standard InChI is InChI=1S/C18H15N7O2S/c26-16-7-6-15(25-12-19-11-21-25)23-24(16)9-8-20-17(27)14-10-28-18(22-14)13-4-2-1-3-5-13/h1-7,10-12H,8-9H2,(H,20,27). The molecule has 1 amide bonds. The maximum Gasteiger partial charge on any atom is 0.270 e. The summed E-state index contributed by atoms with van der Waals surface area (Å²) in [5.74, 6) is 0.175. The average molecular weight is 393 g/mol. The fourth-order valence-electron chi connectivity index (χ4n) is 2.50. The van der Waals surface area contributed by atoms with Crippen LogP contribution in [0, 0.1) is 0 Å². The molecule has 0 spiro atoms. The molecule has 28 heavy (non-hydrogen) atoms. The van der Waals surface area contributed by atoms with Gasteiger partial charge in [0.25, 0.3) is 11.5 Å². The molecule has 0 unspecified atom stereocenters. The maximum absolute atomic E-state index is 12.3. The number of carbonyl (C=O) groups excluding carboxylic acids is 1. The van der Waals surface area contributed by atoms with Crippen LogP contribution in [0.5, 0.6) is 0 Å². The van der Waals surface area contributed by atoms with Crippen molar-refractivity contribution in [3.05, 3.63) is 76.5 Å². The Hall–Kier alpha value is -3.66. The van der Waals surface area contributed by atoms with E-state index in [1.807, 2.05) is 30.3 Å². The molecule has 1 N–H and O–H groups in total. The molecule has 0 fully saturated rings. The number of amides is 1. The van der Waals surface area contributed by atoms with Gasteiger partial charge in [-0.25, -0.2) is 19.3 Å². The van der Waals surface area contributed by atoms with Crippen LogP contribution in [0.15, 0.2) is 65.3 Å². The van der Waals surface area contributed by atoms with Crippen molar-refractivity contribution < 1.29 is 4.79 Å². The van der Waals surface area contributed by atoms with E-state index in [1.165, 1.54) is 39.4 Å². The van der Waals surface area contributed by atoms with Crippen LogP contribution in [0.3, 0.4) is 0 Å². The Balaban J connectivity index is 1.39. The molecule has 0 aliphatic rings. The van der Waals surface area contributed by atoms with Crippen LogP contribution in [-0.4, -0.2) is 42.0 Å². The molecular formula is C18H15N7O2S. The van der Waals surface area contributed by atoms with Gasteiger partial charge >= 0.3 is 0 Å². The molecule has 0 aliphatic heterocycles. The first-order chi connectivity index (χ1) is 13.7. The van der Waals surface area contributed by atoms with Gasteiger partial charge in [-0.2, -0.15) is 5.10 Å². The minimum Gasteiger partial charge on any atom is -0.349 e. The summed E-state index contributed by atoms with van der Waals surface area (Å²) < 4.78 is 2.72. The molecular weight excluding hydrogens is 378 g/mol. The van der Waals surface area contributed by atoms with E-state index in [0.717, 1.165) is 10.6 Å². The highest BCUT2D eigenvalue weighted by Crippen LogP contribution is 2.23. The highest BCUT2D eigenvalue weighted by Gasteiger charge is 2.12. The second kappa shape index (κ2) is 7.92. The monoisotopic (exact) mass is 393 g/mol. The lowest BCUT2D eigenvalue weighted by molar-refractivity contribution is 0.0947. The third-order valence-corrected chi connectivity index (χ3v) is 4.76. The van der Waals surface area contributed by atoms with Gasteiger partial charge in [-0.1, -0.05) is 30.3 Å². The minimum absolute atomic E-state index is 0.225. The van der Waals surface area contributed by atoms with Gasteiger partial charge in [-0.15, -0.1) is 16.4 Å². The number of carbonyl (C=O) groups is 1. The summed E-state index contributed by atoms with van der Waals surface area (Å²) in [7, 11) is 0. The minimum atomic E-state index is -0.293. The van der Waals surface area contributed by atoms with Gasteiger partial charge in [-0.3, -0.25) is 9.59 Å². The summed E-state index contributed by atoms with van der Waals surface area (Å²) in [6.07, 6.45) is 2.88. The molecule has 0 atom stereocenters. The van der Waals surface area contributed by atoms with E-state index in [0.29, 0.717) is 11.5 Å². The molecule has 0 radical (unpaired) electrons. The van der Waals surface area contributed by atoms with Gasteiger partial charge in [0.2, 0.25) is 0 Å². The second-order valence-corrected chi connectivity index (χ2v) is 6.61. The van der Waals surface area contributed by atoms with Crippen molar-refractivity contribution in [3.63, 3.8) is 0 Å². The maximum atomic E-state index is 12.3. The molecule has 4 rings (SSSR count). The number of nitrogens with one attached hydrogen (secondary N) is 1. The Bertz CT molecular complexity index is 1140. The number of rotatable bonds is 6. The van der Waals surface area contributed by atoms with Crippen molar-refractivity contribution in [2.75, 3.05) is 6.54 Å². The topological polar surface area (TPSA) is 108 Å². The zero-order valence-corrected chi connectivity index (χ0v) is 15.4. The van der Waals surface area contributed by atoms with Gasteiger partial charge in [-0.05, 0) is 6.07 Å². The number of thiazole rings is 1. The average Bonchev–Trinajstić information content (AvgIpc) is 3.42. The van der Waals surface area contributed by atoms with Gasteiger partial charge in [0, 0.05) is 23.6 Å². The highest BCUT2D eigenvalue weighted by atomic mass is 32.1. The lowest BCUT2D eigenvalue weighted by atomic mass is 10.2. The van der Waals surface area contributed by atoms with Crippen LogP contribution in [0.1, 0.15) is 10.5 Å². The Morgan fingerprint density at radius 3 is 2.79 bits per heavy atom. The second-order valence-electron chi connectivity index (χ2n) is 5.75. The zero-order chi connectivity index (χ0) is 19.3. The van der Waals surface area contributed by atoms with E-state index in [1.54, 1.807) is 11.4 Å². The number of hydrogen-bond donors (Lipinski definition) is 1. The Morgan fingerprint density at radius 1 is 1.14 bits per heavy atom. The van der Waals surface area contributed by atoms with Gasteiger partial charge < -0.3 is 5.32 Å². The molecule has 4 aromatic rings. The number of benzene rings is 1. The Morgan fingerprint density at radius 2 is 2.00 bits per heavy atom. The van der Waals surface area contributed by atoms with E-state index >= 15 is 0 Å². The van der Waals surface area contributed by atoms with Crippen LogP contribution in [0.4, 0.5) is 0 Å². The molecule has 3 aromatic heterocycles. The Kier molecular flexibility index (Phi) is 5.02. The lowest BCUT2D eigenvalue weighted by Crippen LogP contribution is -2.32. The van der Waals surface area contributed by atoms with Gasteiger partial charge in [0.15, 0.2) is 5.82 Å². The quantitative estimate of drug-likeness (QED) is 0.530.